The molecule has 4 aromatic heterocycles. The number of aryl methyl sites for hydroxylation is 1. The van der Waals surface area contributed by atoms with Gasteiger partial charge in [-0.25, -0.2) is 9.31 Å². The lowest BCUT2D eigenvalue weighted by atomic mass is 9.92. The molecule has 0 radical (unpaired) electrons. The second kappa shape index (κ2) is 11.8. The Morgan fingerprint density at radius 2 is 1.77 bits per heavy atom. The molecule has 0 amide bonds. The maximum atomic E-state index is 14.3. The number of H-pyrrole nitrogens is 1. The molecule has 1 fully saturated rings. The molecule has 0 unspecified atom stereocenters. The summed E-state index contributed by atoms with van der Waals surface area (Å²) in [6.07, 6.45) is 8.24. The molecule has 1 saturated carbocycles. The second-order valence-electron chi connectivity index (χ2n) is 11.1. The van der Waals surface area contributed by atoms with Crippen molar-refractivity contribution in [3.8, 4) is 28.4 Å². The van der Waals surface area contributed by atoms with E-state index < -0.39 is 5.76 Å². The fraction of sp³-hybridized carbons (Fsp3) is 0.312. The number of ether oxygens (including phenoxy) is 1. The Hall–Kier alpha value is -5.26. The Balaban J connectivity index is 1.19. The Morgan fingerprint density at radius 1 is 0.977 bits per heavy atom. The van der Waals surface area contributed by atoms with Crippen LogP contribution < -0.4 is 16.1 Å². The number of aromatic amines is 1. The molecule has 44 heavy (non-hydrogen) atoms. The molecule has 4 heterocycles. The van der Waals surface area contributed by atoms with Gasteiger partial charge in [-0.2, -0.15) is 10.1 Å². The third kappa shape index (κ3) is 5.23. The molecule has 224 valence electrons. The summed E-state index contributed by atoms with van der Waals surface area (Å²) in [6.45, 7) is 2.10. The first-order valence-electron chi connectivity index (χ1n) is 14.9. The van der Waals surface area contributed by atoms with Crippen LogP contribution >= 0.6 is 0 Å². The monoisotopic (exact) mass is 593 g/mol. The normalized spacial score (nSPS) is 16.8. The minimum atomic E-state index is -0.601. The molecule has 0 saturated heterocycles. The van der Waals surface area contributed by atoms with Gasteiger partial charge in [-0.05, 0) is 54.0 Å². The van der Waals surface area contributed by atoms with E-state index >= 15 is 0 Å². The highest BCUT2D eigenvalue weighted by molar-refractivity contribution is 5.80. The lowest BCUT2D eigenvalue weighted by molar-refractivity contribution is 0.122. The summed E-state index contributed by atoms with van der Waals surface area (Å²) < 4.78 is 19.3. The van der Waals surface area contributed by atoms with Crippen molar-refractivity contribution in [2.24, 2.45) is 0 Å². The van der Waals surface area contributed by atoms with Crippen LogP contribution in [-0.4, -0.2) is 40.6 Å². The van der Waals surface area contributed by atoms with Crippen LogP contribution in [0.2, 0.25) is 0 Å². The zero-order chi connectivity index (χ0) is 30.0. The summed E-state index contributed by atoms with van der Waals surface area (Å²) >= 11 is 0. The van der Waals surface area contributed by atoms with Crippen molar-refractivity contribution in [1.29, 1.82) is 0 Å². The van der Waals surface area contributed by atoms with Crippen LogP contribution in [0.25, 0.3) is 28.3 Å². The van der Waals surface area contributed by atoms with Gasteiger partial charge in [0.05, 0.1) is 5.69 Å². The quantitative estimate of drug-likeness (QED) is 0.245. The van der Waals surface area contributed by atoms with Gasteiger partial charge < -0.3 is 9.26 Å². The lowest BCUT2D eigenvalue weighted by Gasteiger charge is -2.30. The van der Waals surface area contributed by atoms with Crippen molar-refractivity contribution in [3.05, 3.63) is 105 Å². The van der Waals surface area contributed by atoms with Crippen LogP contribution in [0.1, 0.15) is 61.9 Å². The molecule has 0 bridgehead atoms. The molecular weight excluding hydrogens is 562 g/mol. The number of nitrogens with zero attached hydrogens (tertiary/aromatic N) is 6. The van der Waals surface area contributed by atoms with Gasteiger partial charge in [0.25, 0.3) is 11.4 Å². The van der Waals surface area contributed by atoms with E-state index in [1.54, 1.807) is 6.07 Å². The van der Waals surface area contributed by atoms with Crippen LogP contribution in [0, 0.1) is 0 Å². The van der Waals surface area contributed by atoms with Crippen LogP contribution in [0.3, 0.4) is 0 Å². The van der Waals surface area contributed by atoms with Gasteiger partial charge in [0, 0.05) is 29.7 Å². The van der Waals surface area contributed by atoms with Gasteiger partial charge in [-0.1, -0.05) is 67.0 Å². The van der Waals surface area contributed by atoms with Crippen molar-refractivity contribution >= 4 is 5.78 Å². The summed E-state index contributed by atoms with van der Waals surface area (Å²) in [5.41, 5.74) is 5.25. The Labute approximate surface area is 251 Å². The van der Waals surface area contributed by atoms with E-state index in [1.165, 1.54) is 12.6 Å². The number of benzene rings is 2. The number of nitrogens with one attached hydrogen (secondary N) is 1. The molecule has 12 nitrogen and oxygen atoms in total. The Kier molecular flexibility index (Phi) is 7.38. The van der Waals surface area contributed by atoms with E-state index in [4.69, 9.17) is 13.8 Å². The zero-order valence-electron chi connectivity index (χ0n) is 24.2. The van der Waals surface area contributed by atoms with E-state index in [0.29, 0.717) is 30.3 Å². The highest BCUT2D eigenvalue weighted by Gasteiger charge is 2.29. The Bertz CT molecular complexity index is 2000. The fourth-order valence-corrected chi connectivity index (χ4v) is 6.23. The molecule has 1 N–H and O–H groups in total. The van der Waals surface area contributed by atoms with E-state index in [-0.39, 0.29) is 17.7 Å². The summed E-state index contributed by atoms with van der Waals surface area (Å²) in [5, 5.41) is 12.3. The minimum Gasteiger partial charge on any atom is -0.472 e. The highest BCUT2D eigenvalue weighted by atomic mass is 16.5. The van der Waals surface area contributed by atoms with E-state index in [2.05, 4.69) is 32.3 Å². The fourth-order valence-electron chi connectivity index (χ4n) is 6.23. The van der Waals surface area contributed by atoms with Gasteiger partial charge in [-0.15, -0.1) is 0 Å². The minimum absolute atomic E-state index is 0.0114. The third-order valence-corrected chi connectivity index (χ3v) is 8.29. The van der Waals surface area contributed by atoms with Crippen molar-refractivity contribution in [3.63, 3.8) is 0 Å². The largest absolute Gasteiger partial charge is 0.472 e. The molecule has 6 aromatic rings. The summed E-state index contributed by atoms with van der Waals surface area (Å²) in [5.74, 6) is 0.843. The first-order chi connectivity index (χ1) is 21.6. The molecule has 1 aliphatic carbocycles. The maximum Gasteiger partial charge on any atom is 0.439 e. The van der Waals surface area contributed by atoms with Crippen molar-refractivity contribution < 1.29 is 13.8 Å². The predicted octanol–water partition coefficient (Wildman–Crippen LogP) is 5.00. The van der Waals surface area contributed by atoms with Crippen LogP contribution in [0.4, 0.5) is 0 Å². The summed E-state index contributed by atoms with van der Waals surface area (Å²) in [6, 6.07) is 17.5. The van der Waals surface area contributed by atoms with Gasteiger partial charge in [0.1, 0.15) is 18.7 Å². The first kappa shape index (κ1) is 27.6. The number of rotatable bonds is 9. The van der Waals surface area contributed by atoms with Crippen LogP contribution in [-0.2, 0) is 12.8 Å². The molecule has 2 aromatic carbocycles. The average Bonchev–Trinajstić information content (AvgIpc) is 3.83. The highest BCUT2D eigenvalue weighted by Crippen LogP contribution is 2.32. The van der Waals surface area contributed by atoms with Crippen molar-refractivity contribution in [1.82, 2.24) is 34.5 Å². The first-order valence-corrected chi connectivity index (χ1v) is 14.9. The van der Waals surface area contributed by atoms with E-state index in [0.717, 1.165) is 65.6 Å². The number of hydrogen-bond donors (Lipinski definition) is 1. The van der Waals surface area contributed by atoms with E-state index in [1.807, 2.05) is 57.6 Å². The van der Waals surface area contributed by atoms with E-state index in [9.17, 15) is 9.59 Å². The molecule has 1 aliphatic rings. The van der Waals surface area contributed by atoms with Gasteiger partial charge in [0.2, 0.25) is 5.78 Å². The third-order valence-electron chi connectivity index (χ3n) is 8.29. The summed E-state index contributed by atoms with van der Waals surface area (Å²) in [4.78, 5) is 33.0. The smallest absolute Gasteiger partial charge is 0.439 e. The van der Waals surface area contributed by atoms with Crippen molar-refractivity contribution in [2.75, 3.05) is 0 Å². The molecular formula is C32H31N7O5. The molecule has 7 rings (SSSR count). The van der Waals surface area contributed by atoms with Crippen LogP contribution in [0.15, 0.2) is 85.8 Å². The number of aromatic nitrogens is 7. The average molecular weight is 594 g/mol. The second-order valence-corrected chi connectivity index (χ2v) is 11.1. The molecule has 0 spiro atoms. The summed E-state index contributed by atoms with van der Waals surface area (Å²) in [7, 11) is 0. The SMILES string of the molecule is CCCc1c(Cc2ccc(-c3ccccc3-c3noc(=O)[nH]3)cc2)c(=O)n([C@H]2CC[C@H](Oc3ccon3)CC2)c2ncnn12. The lowest BCUT2D eigenvalue weighted by Crippen LogP contribution is -2.35. The zero-order valence-corrected chi connectivity index (χ0v) is 24.2. The van der Waals surface area contributed by atoms with Gasteiger partial charge in [0.15, 0.2) is 5.82 Å². The molecule has 12 heteroatoms. The standard InChI is InChI=1S/C32H31N7O5/c1-2-5-27-26(18-20-8-10-21(11-9-20)24-6-3-4-7-25(24)29-35-32(41)44-37-29)30(40)38(31-33-19-34-39(27)31)22-12-14-23(15-13-22)43-28-16-17-42-36-28/h3-4,6-11,16-17,19,22-23H,2,5,12-15,18H2,1H3,(H,35,37,41)/t22-,23-. The number of fused-ring (bicyclic) bond motifs is 1. The molecule has 0 atom stereocenters. The molecule has 0 aliphatic heterocycles. The topological polar surface area (TPSA) is 146 Å². The maximum absolute atomic E-state index is 14.3. The predicted molar refractivity (Wildman–Crippen MR) is 160 cm³/mol. The van der Waals surface area contributed by atoms with Crippen molar-refractivity contribution in [2.45, 2.75) is 64.0 Å². The Morgan fingerprint density at radius 3 is 2.48 bits per heavy atom. The van der Waals surface area contributed by atoms with Crippen LogP contribution in [0.5, 0.6) is 5.88 Å². The van der Waals surface area contributed by atoms with Gasteiger partial charge in [-0.3, -0.25) is 18.9 Å². The van der Waals surface area contributed by atoms with Gasteiger partial charge >= 0.3 is 5.76 Å². The number of hydrogen-bond acceptors (Lipinski definition) is 9.